The summed E-state index contributed by atoms with van der Waals surface area (Å²) in [7, 11) is 0. The van der Waals surface area contributed by atoms with Crippen molar-refractivity contribution in [2.24, 2.45) is 0 Å². The van der Waals surface area contributed by atoms with Crippen molar-refractivity contribution >= 4 is 11.4 Å². The zero-order chi connectivity index (χ0) is 17.2. The number of anilines is 2. The second-order valence-corrected chi connectivity index (χ2v) is 7.00. The standard InChI is InChI=1S/C23H25N/c1-17-10-13-20(14-11-17)24-21-15-12-19-9-7-5-6-8-18(2)23(3,4)22(19)16-21/h5-8,10-16,24H,2,9H2,1,3-4H3/b7-5-,8-6-. The van der Waals surface area contributed by atoms with Gasteiger partial charge in [-0.05, 0) is 54.3 Å². The van der Waals surface area contributed by atoms with Gasteiger partial charge in [-0.3, -0.25) is 0 Å². The third-order valence-electron chi connectivity index (χ3n) is 4.81. The first-order chi connectivity index (χ1) is 11.5. The van der Waals surface area contributed by atoms with E-state index in [9.17, 15) is 0 Å². The first kappa shape index (κ1) is 16.3. The Kier molecular flexibility index (Phi) is 4.44. The molecule has 0 saturated carbocycles. The first-order valence-corrected chi connectivity index (χ1v) is 8.46. The number of aryl methyl sites for hydroxylation is 1. The lowest BCUT2D eigenvalue weighted by molar-refractivity contribution is 0.635. The number of rotatable bonds is 2. The summed E-state index contributed by atoms with van der Waals surface area (Å²) < 4.78 is 0. The summed E-state index contributed by atoms with van der Waals surface area (Å²) >= 11 is 0. The highest BCUT2D eigenvalue weighted by atomic mass is 14.9. The molecule has 0 saturated heterocycles. The minimum absolute atomic E-state index is 0.0944. The van der Waals surface area contributed by atoms with Crippen molar-refractivity contribution in [3.05, 3.63) is 95.6 Å². The molecule has 0 bridgehead atoms. The molecule has 0 heterocycles. The summed E-state index contributed by atoms with van der Waals surface area (Å²) in [6, 6.07) is 15.2. The van der Waals surface area contributed by atoms with Crippen LogP contribution in [-0.2, 0) is 11.8 Å². The summed E-state index contributed by atoms with van der Waals surface area (Å²) in [4.78, 5) is 0. The van der Waals surface area contributed by atoms with Crippen LogP contribution in [0.4, 0.5) is 11.4 Å². The maximum atomic E-state index is 4.29. The monoisotopic (exact) mass is 315 g/mol. The van der Waals surface area contributed by atoms with Crippen molar-refractivity contribution in [3.63, 3.8) is 0 Å². The molecule has 2 aromatic carbocycles. The molecule has 1 nitrogen and oxygen atoms in total. The van der Waals surface area contributed by atoms with Gasteiger partial charge in [0.15, 0.2) is 0 Å². The largest absolute Gasteiger partial charge is 0.356 e. The zero-order valence-corrected chi connectivity index (χ0v) is 14.8. The molecule has 0 unspecified atom stereocenters. The Morgan fingerprint density at radius 2 is 1.67 bits per heavy atom. The van der Waals surface area contributed by atoms with Crippen LogP contribution in [0.1, 0.15) is 30.5 Å². The van der Waals surface area contributed by atoms with Gasteiger partial charge in [-0.25, -0.2) is 0 Å². The fourth-order valence-electron chi connectivity index (χ4n) is 3.04. The summed E-state index contributed by atoms with van der Waals surface area (Å²) in [5.41, 5.74) is 7.22. The molecule has 1 heteroatoms. The lowest BCUT2D eigenvalue weighted by Gasteiger charge is -2.29. The van der Waals surface area contributed by atoms with E-state index in [1.165, 1.54) is 16.7 Å². The van der Waals surface area contributed by atoms with Gasteiger partial charge in [-0.2, -0.15) is 0 Å². The van der Waals surface area contributed by atoms with Crippen LogP contribution in [0.3, 0.4) is 0 Å². The minimum Gasteiger partial charge on any atom is -0.356 e. The Hall–Kier alpha value is -2.54. The van der Waals surface area contributed by atoms with Crippen LogP contribution in [-0.4, -0.2) is 0 Å². The molecule has 2 aromatic rings. The van der Waals surface area contributed by atoms with Crippen LogP contribution in [0.5, 0.6) is 0 Å². The number of benzene rings is 2. The Morgan fingerprint density at radius 3 is 2.42 bits per heavy atom. The van der Waals surface area contributed by atoms with Crippen LogP contribution in [0, 0.1) is 6.92 Å². The number of allylic oxidation sites excluding steroid dienone is 5. The average Bonchev–Trinajstić information content (AvgIpc) is 2.61. The normalized spacial score (nSPS) is 18.7. The third kappa shape index (κ3) is 3.35. The maximum absolute atomic E-state index is 4.29. The second kappa shape index (κ2) is 6.52. The predicted octanol–water partition coefficient (Wildman–Crippen LogP) is 6.24. The topological polar surface area (TPSA) is 12.0 Å². The molecule has 3 rings (SSSR count). The van der Waals surface area contributed by atoms with E-state index in [2.05, 4.69) is 99.4 Å². The van der Waals surface area contributed by atoms with Gasteiger partial charge in [0.05, 0.1) is 0 Å². The van der Waals surface area contributed by atoms with Gasteiger partial charge >= 0.3 is 0 Å². The lowest BCUT2D eigenvalue weighted by Crippen LogP contribution is -2.21. The number of fused-ring (bicyclic) bond motifs is 1. The first-order valence-electron chi connectivity index (χ1n) is 8.46. The molecule has 24 heavy (non-hydrogen) atoms. The van der Waals surface area contributed by atoms with Gasteiger partial charge in [0.1, 0.15) is 0 Å². The fraction of sp³-hybridized carbons (Fsp3) is 0.217. The van der Waals surface area contributed by atoms with Gasteiger partial charge < -0.3 is 5.32 Å². The van der Waals surface area contributed by atoms with Crippen molar-refractivity contribution in [1.29, 1.82) is 0 Å². The zero-order valence-electron chi connectivity index (χ0n) is 14.8. The highest BCUT2D eigenvalue weighted by Gasteiger charge is 2.26. The Balaban J connectivity index is 2.00. The van der Waals surface area contributed by atoms with Crippen LogP contribution < -0.4 is 5.32 Å². The molecular weight excluding hydrogens is 290 g/mol. The van der Waals surface area contributed by atoms with E-state index in [-0.39, 0.29) is 5.41 Å². The van der Waals surface area contributed by atoms with Crippen molar-refractivity contribution in [1.82, 2.24) is 0 Å². The van der Waals surface area contributed by atoms with Crippen LogP contribution in [0.15, 0.2) is 78.9 Å². The lowest BCUT2D eigenvalue weighted by atomic mass is 9.75. The smallest absolute Gasteiger partial charge is 0.0387 e. The molecule has 1 aliphatic carbocycles. The molecule has 1 N–H and O–H groups in total. The third-order valence-corrected chi connectivity index (χ3v) is 4.81. The molecule has 0 atom stereocenters. The average molecular weight is 315 g/mol. The molecule has 0 fully saturated rings. The molecule has 0 aliphatic heterocycles. The van der Waals surface area contributed by atoms with E-state index in [0.717, 1.165) is 23.4 Å². The van der Waals surface area contributed by atoms with Crippen molar-refractivity contribution < 1.29 is 0 Å². The van der Waals surface area contributed by atoms with E-state index in [0.29, 0.717) is 0 Å². The number of hydrogen-bond donors (Lipinski definition) is 1. The highest BCUT2D eigenvalue weighted by molar-refractivity contribution is 5.63. The maximum Gasteiger partial charge on any atom is 0.0387 e. The Bertz CT molecular complexity index is 804. The number of hydrogen-bond acceptors (Lipinski definition) is 1. The van der Waals surface area contributed by atoms with Gasteiger partial charge in [-0.15, -0.1) is 0 Å². The van der Waals surface area contributed by atoms with E-state index in [1.54, 1.807) is 0 Å². The van der Waals surface area contributed by atoms with Crippen LogP contribution >= 0.6 is 0 Å². The summed E-state index contributed by atoms with van der Waals surface area (Å²) in [6.45, 7) is 10.9. The van der Waals surface area contributed by atoms with E-state index >= 15 is 0 Å². The Labute approximate surface area is 145 Å². The minimum atomic E-state index is -0.0944. The molecule has 0 radical (unpaired) electrons. The van der Waals surface area contributed by atoms with Gasteiger partial charge in [0, 0.05) is 16.8 Å². The number of nitrogens with one attached hydrogen (secondary N) is 1. The van der Waals surface area contributed by atoms with Crippen molar-refractivity contribution in [2.45, 2.75) is 32.6 Å². The summed E-state index contributed by atoms with van der Waals surface area (Å²) in [5, 5.41) is 3.52. The van der Waals surface area contributed by atoms with Gasteiger partial charge in [0.2, 0.25) is 0 Å². The Morgan fingerprint density at radius 1 is 0.958 bits per heavy atom. The molecule has 0 amide bonds. The quantitative estimate of drug-likeness (QED) is 0.691. The predicted molar refractivity (Wildman–Crippen MR) is 105 cm³/mol. The molecular formula is C23H25N. The second-order valence-electron chi connectivity index (χ2n) is 7.00. The van der Waals surface area contributed by atoms with Crippen LogP contribution in [0.2, 0.25) is 0 Å². The van der Waals surface area contributed by atoms with E-state index in [4.69, 9.17) is 0 Å². The van der Waals surface area contributed by atoms with E-state index < -0.39 is 0 Å². The SMILES string of the molecule is C=C1/C=C\C=C/Cc2ccc(Nc3ccc(C)cc3)cc2C1(C)C. The van der Waals surface area contributed by atoms with Gasteiger partial charge in [-0.1, -0.05) is 68.5 Å². The molecule has 122 valence electrons. The summed E-state index contributed by atoms with van der Waals surface area (Å²) in [5.74, 6) is 0. The van der Waals surface area contributed by atoms with Crippen molar-refractivity contribution in [3.8, 4) is 0 Å². The van der Waals surface area contributed by atoms with Crippen LogP contribution in [0.25, 0.3) is 0 Å². The molecule has 1 aliphatic rings. The molecule has 0 spiro atoms. The van der Waals surface area contributed by atoms with E-state index in [1.807, 2.05) is 0 Å². The van der Waals surface area contributed by atoms with Crippen molar-refractivity contribution in [2.75, 3.05) is 5.32 Å². The fourth-order valence-corrected chi connectivity index (χ4v) is 3.04. The summed E-state index contributed by atoms with van der Waals surface area (Å²) in [6.07, 6.45) is 9.46. The molecule has 0 aromatic heterocycles. The van der Waals surface area contributed by atoms with Gasteiger partial charge in [0.25, 0.3) is 0 Å². The highest BCUT2D eigenvalue weighted by Crippen LogP contribution is 2.36.